The normalized spacial score (nSPS) is 23.6. The van der Waals surface area contributed by atoms with Crippen molar-refractivity contribution in [1.29, 1.82) is 0 Å². The zero-order valence-electron chi connectivity index (χ0n) is 10.1. The summed E-state index contributed by atoms with van der Waals surface area (Å²) < 4.78 is 26.4. The van der Waals surface area contributed by atoms with Crippen LogP contribution in [-0.2, 0) is 10.0 Å². The van der Waals surface area contributed by atoms with Gasteiger partial charge in [0.2, 0.25) is 10.0 Å². The highest BCUT2D eigenvalue weighted by molar-refractivity contribution is 7.89. The molecule has 6 nitrogen and oxygen atoms in total. The van der Waals surface area contributed by atoms with Gasteiger partial charge in [-0.3, -0.25) is 0 Å². The molecule has 8 heteroatoms. The molecular formula is C11H15NO5S2. The predicted octanol–water partition coefficient (Wildman–Crippen LogP) is 0.886. The number of nitrogens with one attached hydrogen (secondary N) is 1. The molecule has 0 aliphatic heterocycles. The Labute approximate surface area is 115 Å². The van der Waals surface area contributed by atoms with E-state index in [-0.39, 0.29) is 22.2 Å². The van der Waals surface area contributed by atoms with Crippen LogP contribution >= 0.6 is 11.3 Å². The summed E-state index contributed by atoms with van der Waals surface area (Å²) in [5.74, 6) is -1.35. The van der Waals surface area contributed by atoms with Crippen LogP contribution in [0.3, 0.4) is 0 Å². The van der Waals surface area contributed by atoms with Gasteiger partial charge in [-0.1, -0.05) is 6.42 Å². The summed E-state index contributed by atoms with van der Waals surface area (Å²) in [5.41, 5.74) is 0. The van der Waals surface area contributed by atoms with E-state index in [0.717, 1.165) is 24.2 Å². The maximum absolute atomic E-state index is 12.0. The minimum atomic E-state index is -3.84. The van der Waals surface area contributed by atoms with Gasteiger partial charge in [0.25, 0.3) is 0 Å². The second kappa shape index (κ2) is 5.58. The number of hydrogen-bond donors (Lipinski definition) is 3. The summed E-state index contributed by atoms with van der Waals surface area (Å²) in [4.78, 5) is 10.5. The second-order valence-corrected chi connectivity index (χ2v) is 7.18. The SMILES string of the molecule is O=C(O)c1sccc1S(=O)(=O)NCC1CCCC1O. The van der Waals surface area contributed by atoms with Crippen LogP contribution in [0.4, 0.5) is 0 Å². The van der Waals surface area contributed by atoms with E-state index in [2.05, 4.69) is 4.72 Å². The Bertz CT molecular complexity index is 565. The quantitative estimate of drug-likeness (QED) is 0.749. The van der Waals surface area contributed by atoms with E-state index in [1.54, 1.807) is 0 Å². The van der Waals surface area contributed by atoms with Crippen molar-refractivity contribution in [3.63, 3.8) is 0 Å². The van der Waals surface area contributed by atoms with Crippen LogP contribution in [0.15, 0.2) is 16.3 Å². The van der Waals surface area contributed by atoms with E-state index in [4.69, 9.17) is 5.11 Å². The van der Waals surface area contributed by atoms with Gasteiger partial charge >= 0.3 is 5.97 Å². The lowest BCUT2D eigenvalue weighted by atomic mass is 10.1. The van der Waals surface area contributed by atoms with Gasteiger partial charge in [0.15, 0.2) is 0 Å². The van der Waals surface area contributed by atoms with Crippen molar-refractivity contribution in [2.45, 2.75) is 30.3 Å². The Balaban J connectivity index is 2.10. The highest BCUT2D eigenvalue weighted by Gasteiger charge is 2.29. The van der Waals surface area contributed by atoms with Crippen LogP contribution in [0.1, 0.15) is 28.9 Å². The van der Waals surface area contributed by atoms with Crippen molar-refractivity contribution in [3.05, 3.63) is 16.3 Å². The van der Waals surface area contributed by atoms with Crippen molar-refractivity contribution < 1.29 is 23.4 Å². The standard InChI is InChI=1S/C11H15NO5S2/c13-8-3-1-2-7(8)6-12-19(16,17)9-4-5-18-10(9)11(14)15/h4-5,7-8,12-13H,1-3,6H2,(H,14,15). The number of carboxylic acids is 1. The Morgan fingerprint density at radius 2 is 2.21 bits per heavy atom. The third-order valence-electron chi connectivity index (χ3n) is 3.27. The van der Waals surface area contributed by atoms with Crippen LogP contribution in [0, 0.1) is 5.92 Å². The second-order valence-electron chi connectivity index (χ2n) is 4.53. The number of rotatable bonds is 5. The highest BCUT2D eigenvalue weighted by Crippen LogP contribution is 2.26. The van der Waals surface area contributed by atoms with E-state index in [0.29, 0.717) is 6.42 Å². The van der Waals surface area contributed by atoms with Crippen LogP contribution in [-0.4, -0.2) is 37.2 Å². The zero-order valence-corrected chi connectivity index (χ0v) is 11.7. The van der Waals surface area contributed by atoms with E-state index in [1.165, 1.54) is 11.4 Å². The number of carboxylic acid groups (broad SMARTS) is 1. The van der Waals surface area contributed by atoms with Gasteiger partial charge in [-0.15, -0.1) is 11.3 Å². The molecule has 1 aliphatic rings. The molecule has 19 heavy (non-hydrogen) atoms. The number of aliphatic hydroxyl groups excluding tert-OH is 1. The van der Waals surface area contributed by atoms with Crippen LogP contribution in [0.25, 0.3) is 0 Å². The molecule has 106 valence electrons. The fraction of sp³-hybridized carbons (Fsp3) is 0.545. The molecule has 0 amide bonds. The maximum Gasteiger partial charge on any atom is 0.347 e. The number of aliphatic hydroxyl groups is 1. The molecule has 1 heterocycles. The molecule has 2 atom stereocenters. The molecule has 3 N–H and O–H groups in total. The molecular weight excluding hydrogens is 290 g/mol. The molecule has 0 spiro atoms. The van der Waals surface area contributed by atoms with E-state index in [1.807, 2.05) is 0 Å². The van der Waals surface area contributed by atoms with Gasteiger partial charge < -0.3 is 10.2 Å². The molecule has 1 aromatic rings. The van der Waals surface area contributed by atoms with E-state index in [9.17, 15) is 18.3 Å². The van der Waals surface area contributed by atoms with Crippen molar-refractivity contribution in [2.75, 3.05) is 6.54 Å². The fourth-order valence-corrected chi connectivity index (χ4v) is 4.57. The lowest BCUT2D eigenvalue weighted by molar-refractivity contribution is 0.0698. The molecule has 1 fully saturated rings. The summed E-state index contributed by atoms with van der Waals surface area (Å²) in [7, 11) is -3.84. The smallest absolute Gasteiger partial charge is 0.347 e. The molecule has 0 aromatic carbocycles. The molecule has 0 radical (unpaired) electrons. The molecule has 0 bridgehead atoms. The zero-order chi connectivity index (χ0) is 14.0. The molecule has 1 saturated carbocycles. The molecule has 2 rings (SSSR count). The number of carbonyl (C=O) groups is 1. The topological polar surface area (TPSA) is 104 Å². The third kappa shape index (κ3) is 3.14. The van der Waals surface area contributed by atoms with Crippen molar-refractivity contribution in [3.8, 4) is 0 Å². The predicted molar refractivity (Wildman–Crippen MR) is 69.8 cm³/mol. The van der Waals surface area contributed by atoms with Gasteiger partial charge in [-0.2, -0.15) is 0 Å². The number of hydrogen-bond acceptors (Lipinski definition) is 5. The maximum atomic E-state index is 12.0. The molecule has 1 aromatic heterocycles. The largest absolute Gasteiger partial charge is 0.477 e. The fourth-order valence-electron chi connectivity index (χ4n) is 2.21. The van der Waals surface area contributed by atoms with Crippen molar-refractivity contribution >= 4 is 27.3 Å². The first-order valence-electron chi connectivity index (χ1n) is 5.90. The lowest BCUT2D eigenvalue weighted by Gasteiger charge is -2.15. The third-order valence-corrected chi connectivity index (χ3v) is 5.76. The van der Waals surface area contributed by atoms with Crippen LogP contribution in [0.2, 0.25) is 0 Å². The minimum Gasteiger partial charge on any atom is -0.477 e. The minimum absolute atomic E-state index is 0.0957. The Morgan fingerprint density at radius 3 is 2.79 bits per heavy atom. The average Bonchev–Trinajstić information content (AvgIpc) is 2.95. The number of sulfonamides is 1. The first-order valence-corrected chi connectivity index (χ1v) is 8.26. The van der Waals surface area contributed by atoms with Gasteiger partial charge in [-0.25, -0.2) is 17.9 Å². The van der Waals surface area contributed by atoms with Crippen LogP contribution < -0.4 is 4.72 Å². The highest BCUT2D eigenvalue weighted by atomic mass is 32.2. The summed E-state index contributed by atoms with van der Waals surface area (Å²) in [5, 5.41) is 20.0. The lowest BCUT2D eigenvalue weighted by Crippen LogP contribution is -2.32. The molecule has 1 aliphatic carbocycles. The summed E-state index contributed by atoms with van der Waals surface area (Å²) >= 11 is 0.875. The number of thiophene rings is 1. The van der Waals surface area contributed by atoms with Gasteiger partial charge in [0, 0.05) is 6.54 Å². The van der Waals surface area contributed by atoms with Crippen molar-refractivity contribution in [2.24, 2.45) is 5.92 Å². The molecule has 2 unspecified atom stereocenters. The molecule has 0 saturated heterocycles. The van der Waals surface area contributed by atoms with Crippen LogP contribution in [0.5, 0.6) is 0 Å². The Morgan fingerprint density at radius 1 is 1.47 bits per heavy atom. The summed E-state index contributed by atoms with van der Waals surface area (Å²) in [6, 6.07) is 1.28. The van der Waals surface area contributed by atoms with Crippen molar-refractivity contribution in [1.82, 2.24) is 4.72 Å². The monoisotopic (exact) mass is 305 g/mol. The Kier molecular flexibility index (Phi) is 4.24. The number of aromatic carboxylic acids is 1. The van der Waals surface area contributed by atoms with Gasteiger partial charge in [0.1, 0.15) is 9.77 Å². The van der Waals surface area contributed by atoms with Gasteiger partial charge in [-0.05, 0) is 30.2 Å². The summed E-state index contributed by atoms with van der Waals surface area (Å²) in [6.07, 6.45) is 1.86. The Hall–Kier alpha value is -0.960. The average molecular weight is 305 g/mol. The van der Waals surface area contributed by atoms with E-state index < -0.39 is 22.1 Å². The summed E-state index contributed by atoms with van der Waals surface area (Å²) in [6.45, 7) is 0.137. The van der Waals surface area contributed by atoms with Gasteiger partial charge in [0.05, 0.1) is 6.10 Å². The first-order chi connectivity index (χ1) is 8.92. The van der Waals surface area contributed by atoms with E-state index >= 15 is 0 Å². The first kappa shape index (κ1) is 14.4.